The zero-order valence-electron chi connectivity index (χ0n) is 12.7. The zero-order valence-corrected chi connectivity index (χ0v) is 12.7. The highest BCUT2D eigenvalue weighted by Crippen LogP contribution is 2.58. The van der Waals surface area contributed by atoms with Gasteiger partial charge in [0.1, 0.15) is 12.2 Å². The van der Waals surface area contributed by atoms with Gasteiger partial charge >= 0.3 is 12.1 Å². The Bertz CT molecular complexity index is 581. The number of fused-ring (bicyclic) bond motifs is 5. The average Bonchev–Trinajstić information content (AvgIpc) is 2.96. The second-order valence-electron chi connectivity index (χ2n) is 7.41. The third-order valence-electron chi connectivity index (χ3n) is 6.20. The number of hydrogen-bond acceptors (Lipinski definition) is 6. The van der Waals surface area contributed by atoms with Gasteiger partial charge in [-0.05, 0) is 33.1 Å². The number of rotatable bonds is 0. The number of aliphatic hydroxyl groups is 1. The number of carbonyl (C=O) groups is 2. The van der Waals surface area contributed by atoms with E-state index >= 15 is 0 Å². The summed E-state index contributed by atoms with van der Waals surface area (Å²) in [6, 6.07) is 0. The Kier molecular flexibility index (Phi) is 2.58. The van der Waals surface area contributed by atoms with Crippen LogP contribution in [-0.4, -0.2) is 40.6 Å². The SMILES string of the molecule is C=C1C(=O)O[C@H]2[C@H]1C[C@@H]1OC(=O)O[C@@]1(C)C1CC[C@@](C)(O)[C@@H]12. The molecular weight excluding hydrogens is 288 g/mol. The van der Waals surface area contributed by atoms with Gasteiger partial charge in [-0.1, -0.05) is 6.58 Å². The van der Waals surface area contributed by atoms with Crippen LogP contribution in [0.2, 0.25) is 0 Å². The molecule has 0 aromatic rings. The van der Waals surface area contributed by atoms with Crippen LogP contribution < -0.4 is 0 Å². The smallest absolute Gasteiger partial charge is 0.458 e. The van der Waals surface area contributed by atoms with E-state index in [0.717, 1.165) is 0 Å². The molecule has 0 amide bonds. The van der Waals surface area contributed by atoms with E-state index in [-0.39, 0.29) is 17.8 Å². The van der Waals surface area contributed by atoms with Crippen LogP contribution in [0.5, 0.6) is 0 Å². The largest absolute Gasteiger partial charge is 0.509 e. The molecule has 2 saturated carbocycles. The summed E-state index contributed by atoms with van der Waals surface area (Å²) in [4.78, 5) is 23.6. The molecule has 2 aliphatic heterocycles. The average molecular weight is 308 g/mol. The monoisotopic (exact) mass is 308 g/mol. The fourth-order valence-corrected chi connectivity index (χ4v) is 5.01. The molecule has 0 aromatic heterocycles. The number of hydrogen-bond donors (Lipinski definition) is 1. The Morgan fingerprint density at radius 1 is 1.27 bits per heavy atom. The molecular formula is C16H20O6. The molecule has 2 aliphatic carbocycles. The molecule has 22 heavy (non-hydrogen) atoms. The summed E-state index contributed by atoms with van der Waals surface area (Å²) in [5.74, 6) is -1.05. The summed E-state index contributed by atoms with van der Waals surface area (Å²) in [7, 11) is 0. The third kappa shape index (κ3) is 1.59. The van der Waals surface area contributed by atoms with Crippen LogP contribution in [0.25, 0.3) is 0 Å². The maximum Gasteiger partial charge on any atom is 0.509 e. The van der Waals surface area contributed by atoms with Crippen LogP contribution in [0.1, 0.15) is 33.1 Å². The van der Waals surface area contributed by atoms with Crippen molar-refractivity contribution >= 4 is 12.1 Å². The lowest BCUT2D eigenvalue weighted by atomic mass is 9.74. The fourth-order valence-electron chi connectivity index (χ4n) is 5.01. The van der Waals surface area contributed by atoms with Crippen LogP contribution >= 0.6 is 0 Å². The summed E-state index contributed by atoms with van der Waals surface area (Å²) < 4.78 is 16.4. The van der Waals surface area contributed by atoms with Crippen LogP contribution in [0.3, 0.4) is 0 Å². The zero-order chi connectivity index (χ0) is 15.9. The van der Waals surface area contributed by atoms with Gasteiger partial charge in [0.05, 0.1) is 5.60 Å². The minimum absolute atomic E-state index is 0.104. The van der Waals surface area contributed by atoms with E-state index in [1.807, 2.05) is 6.92 Å². The first-order chi connectivity index (χ1) is 10.2. The van der Waals surface area contributed by atoms with E-state index in [0.29, 0.717) is 24.8 Å². The van der Waals surface area contributed by atoms with Crippen molar-refractivity contribution in [3.8, 4) is 0 Å². The second kappa shape index (κ2) is 4.04. The number of ether oxygens (including phenoxy) is 3. The molecule has 4 aliphatic rings. The maximum absolute atomic E-state index is 11.9. The van der Waals surface area contributed by atoms with E-state index < -0.39 is 35.5 Å². The first-order valence-corrected chi connectivity index (χ1v) is 7.76. The normalized spacial score (nSPS) is 53.0. The van der Waals surface area contributed by atoms with Crippen LogP contribution in [0.4, 0.5) is 4.79 Å². The summed E-state index contributed by atoms with van der Waals surface area (Å²) >= 11 is 0. The van der Waals surface area contributed by atoms with Gasteiger partial charge in [0.25, 0.3) is 0 Å². The van der Waals surface area contributed by atoms with Crippen LogP contribution in [-0.2, 0) is 19.0 Å². The van der Waals surface area contributed by atoms with Crippen molar-refractivity contribution in [1.82, 2.24) is 0 Å². The molecule has 120 valence electrons. The standard InChI is InChI=1S/C16H20O6/c1-7-8-6-10-16(3,22-14(18)20-10)9-4-5-15(2,19)11(9)12(8)21-13(7)17/h8-12,19H,1,4-6H2,2-3H3/t8-,9?,10-,11-,12-,15+,16-/m0/s1. The van der Waals surface area contributed by atoms with Gasteiger partial charge in [0.2, 0.25) is 0 Å². The topological polar surface area (TPSA) is 82.1 Å². The predicted octanol–water partition coefficient (Wildman–Crippen LogP) is 1.56. The van der Waals surface area contributed by atoms with Gasteiger partial charge < -0.3 is 19.3 Å². The lowest BCUT2D eigenvalue weighted by Gasteiger charge is -2.38. The summed E-state index contributed by atoms with van der Waals surface area (Å²) in [5, 5.41) is 10.8. The third-order valence-corrected chi connectivity index (χ3v) is 6.20. The maximum atomic E-state index is 11.9. The molecule has 1 unspecified atom stereocenters. The minimum Gasteiger partial charge on any atom is -0.458 e. The van der Waals surface area contributed by atoms with Gasteiger partial charge in [-0.15, -0.1) is 0 Å². The Morgan fingerprint density at radius 2 is 2.00 bits per heavy atom. The van der Waals surface area contributed by atoms with Crippen molar-refractivity contribution in [2.75, 3.05) is 0 Å². The first kappa shape index (κ1) is 14.1. The van der Waals surface area contributed by atoms with Gasteiger partial charge in [-0.2, -0.15) is 0 Å². The van der Waals surface area contributed by atoms with E-state index in [4.69, 9.17) is 14.2 Å². The van der Waals surface area contributed by atoms with Gasteiger partial charge in [0, 0.05) is 23.3 Å². The highest BCUT2D eigenvalue weighted by Gasteiger charge is 2.67. The Hall–Kier alpha value is -1.56. The lowest BCUT2D eigenvalue weighted by molar-refractivity contribution is -0.149. The molecule has 4 fully saturated rings. The molecule has 0 spiro atoms. The highest BCUT2D eigenvalue weighted by molar-refractivity contribution is 5.91. The molecule has 6 nitrogen and oxygen atoms in total. The molecule has 2 heterocycles. The molecule has 7 atom stereocenters. The van der Waals surface area contributed by atoms with Gasteiger partial charge in [-0.25, -0.2) is 9.59 Å². The quantitative estimate of drug-likeness (QED) is 0.540. The van der Waals surface area contributed by atoms with E-state index in [9.17, 15) is 14.7 Å². The summed E-state index contributed by atoms with van der Waals surface area (Å²) in [6.45, 7) is 7.48. The fraction of sp³-hybridized carbons (Fsp3) is 0.750. The first-order valence-electron chi connectivity index (χ1n) is 7.76. The van der Waals surface area contributed by atoms with E-state index in [2.05, 4.69) is 6.58 Å². The van der Waals surface area contributed by atoms with E-state index in [1.165, 1.54) is 0 Å². The van der Waals surface area contributed by atoms with Crippen molar-refractivity contribution in [3.63, 3.8) is 0 Å². The molecule has 0 aromatic carbocycles. The Labute approximate surface area is 128 Å². The van der Waals surface area contributed by atoms with Crippen molar-refractivity contribution < 1.29 is 28.9 Å². The minimum atomic E-state index is -0.967. The van der Waals surface area contributed by atoms with Crippen molar-refractivity contribution in [2.45, 2.75) is 56.5 Å². The molecule has 0 radical (unpaired) electrons. The van der Waals surface area contributed by atoms with Crippen molar-refractivity contribution in [1.29, 1.82) is 0 Å². The number of carbonyl (C=O) groups excluding carboxylic acids is 2. The van der Waals surface area contributed by atoms with Crippen molar-refractivity contribution in [2.24, 2.45) is 17.8 Å². The Balaban J connectivity index is 1.83. The molecule has 0 bridgehead atoms. The second-order valence-corrected chi connectivity index (χ2v) is 7.41. The predicted molar refractivity (Wildman–Crippen MR) is 73.7 cm³/mol. The number of esters is 1. The van der Waals surface area contributed by atoms with Gasteiger partial charge in [0.15, 0.2) is 5.60 Å². The molecule has 4 rings (SSSR count). The molecule has 6 heteroatoms. The van der Waals surface area contributed by atoms with Crippen molar-refractivity contribution in [3.05, 3.63) is 12.2 Å². The van der Waals surface area contributed by atoms with E-state index in [1.54, 1.807) is 6.92 Å². The summed E-state index contributed by atoms with van der Waals surface area (Å²) in [5.41, 5.74) is -1.36. The molecule has 2 saturated heterocycles. The molecule has 1 N–H and O–H groups in total. The summed E-state index contributed by atoms with van der Waals surface area (Å²) in [6.07, 6.45) is 0.187. The van der Waals surface area contributed by atoms with Crippen LogP contribution in [0, 0.1) is 17.8 Å². The Morgan fingerprint density at radius 3 is 2.73 bits per heavy atom. The lowest BCUT2D eigenvalue weighted by Crippen LogP contribution is -2.49. The van der Waals surface area contributed by atoms with Crippen LogP contribution in [0.15, 0.2) is 12.2 Å². The highest BCUT2D eigenvalue weighted by atomic mass is 16.8. The van der Waals surface area contributed by atoms with Gasteiger partial charge in [-0.3, -0.25) is 0 Å².